The maximum absolute atomic E-state index is 5.29. The van der Waals surface area contributed by atoms with Crippen LogP contribution in [0.1, 0.15) is 13.8 Å². The first kappa shape index (κ1) is 13.1. The number of nitrogens with zero attached hydrogens (tertiary/aromatic N) is 2. The highest BCUT2D eigenvalue weighted by molar-refractivity contribution is 5.65. The van der Waals surface area contributed by atoms with Gasteiger partial charge < -0.3 is 15.4 Å². The normalized spacial score (nSPS) is 10.3. The standard InChI is InChI=1S/C14H18N4O/c1-10(2)17-13-8-14(16-9-15-13)18-11-6-4-5-7-12(11)19-3/h4-10H,1-3H3,(H2,15,16,17,18). The molecule has 2 rings (SSSR count). The van der Waals surface area contributed by atoms with Crippen molar-refractivity contribution < 1.29 is 4.74 Å². The minimum absolute atomic E-state index is 0.328. The molecule has 0 aliphatic rings. The molecule has 2 N–H and O–H groups in total. The minimum Gasteiger partial charge on any atom is -0.495 e. The first-order chi connectivity index (χ1) is 9.19. The van der Waals surface area contributed by atoms with Gasteiger partial charge in [-0.05, 0) is 26.0 Å². The van der Waals surface area contributed by atoms with Crippen LogP contribution in [0.5, 0.6) is 5.75 Å². The molecule has 0 spiro atoms. The number of rotatable bonds is 5. The zero-order valence-electron chi connectivity index (χ0n) is 11.3. The average molecular weight is 258 g/mol. The molecule has 5 heteroatoms. The highest BCUT2D eigenvalue weighted by Gasteiger charge is 2.04. The van der Waals surface area contributed by atoms with Crippen molar-refractivity contribution in [2.75, 3.05) is 17.7 Å². The summed E-state index contributed by atoms with van der Waals surface area (Å²) >= 11 is 0. The third-order valence-electron chi connectivity index (χ3n) is 2.47. The summed E-state index contributed by atoms with van der Waals surface area (Å²) in [5.74, 6) is 2.30. The molecule has 0 unspecified atom stereocenters. The molecule has 1 aromatic carbocycles. The van der Waals surface area contributed by atoms with E-state index in [9.17, 15) is 0 Å². The summed E-state index contributed by atoms with van der Waals surface area (Å²) in [5.41, 5.74) is 0.874. The molecule has 0 amide bonds. The number of anilines is 3. The lowest BCUT2D eigenvalue weighted by molar-refractivity contribution is 0.417. The van der Waals surface area contributed by atoms with Crippen molar-refractivity contribution in [1.29, 1.82) is 0 Å². The van der Waals surface area contributed by atoms with E-state index in [2.05, 4.69) is 34.4 Å². The molecule has 0 saturated carbocycles. The summed E-state index contributed by atoms with van der Waals surface area (Å²) in [6.45, 7) is 4.13. The van der Waals surface area contributed by atoms with Crippen LogP contribution in [-0.4, -0.2) is 23.1 Å². The van der Waals surface area contributed by atoms with Gasteiger partial charge in [0.2, 0.25) is 0 Å². The first-order valence-electron chi connectivity index (χ1n) is 6.17. The highest BCUT2D eigenvalue weighted by atomic mass is 16.5. The summed E-state index contributed by atoms with van der Waals surface area (Å²) in [5, 5.41) is 6.46. The monoisotopic (exact) mass is 258 g/mol. The predicted molar refractivity (Wildman–Crippen MR) is 77.1 cm³/mol. The fourth-order valence-corrected chi connectivity index (χ4v) is 1.69. The van der Waals surface area contributed by atoms with Crippen molar-refractivity contribution in [2.45, 2.75) is 19.9 Å². The molecule has 5 nitrogen and oxygen atoms in total. The van der Waals surface area contributed by atoms with Crippen LogP contribution in [0.25, 0.3) is 0 Å². The maximum Gasteiger partial charge on any atom is 0.142 e. The molecular formula is C14H18N4O. The Hall–Kier alpha value is -2.30. The van der Waals surface area contributed by atoms with Crippen LogP contribution in [0, 0.1) is 0 Å². The van der Waals surface area contributed by atoms with Crippen molar-refractivity contribution in [2.24, 2.45) is 0 Å². The molecule has 0 radical (unpaired) electrons. The van der Waals surface area contributed by atoms with Crippen LogP contribution in [-0.2, 0) is 0 Å². The van der Waals surface area contributed by atoms with Crippen LogP contribution in [0.3, 0.4) is 0 Å². The Morgan fingerprint density at radius 3 is 2.58 bits per heavy atom. The SMILES string of the molecule is COc1ccccc1Nc1cc(NC(C)C)ncn1. The Bertz CT molecular complexity index is 542. The highest BCUT2D eigenvalue weighted by Crippen LogP contribution is 2.26. The van der Waals surface area contributed by atoms with Gasteiger partial charge in [-0.2, -0.15) is 0 Å². The summed E-state index contributed by atoms with van der Waals surface area (Å²) in [7, 11) is 1.65. The number of ether oxygens (including phenoxy) is 1. The summed E-state index contributed by atoms with van der Waals surface area (Å²) in [6.07, 6.45) is 1.53. The third-order valence-corrected chi connectivity index (χ3v) is 2.47. The predicted octanol–water partition coefficient (Wildman–Crippen LogP) is 3.05. The van der Waals surface area contributed by atoms with Gasteiger partial charge in [-0.3, -0.25) is 0 Å². The lowest BCUT2D eigenvalue weighted by Gasteiger charge is -2.12. The van der Waals surface area contributed by atoms with Gasteiger partial charge in [0.25, 0.3) is 0 Å². The molecule has 0 fully saturated rings. The number of nitrogens with one attached hydrogen (secondary N) is 2. The molecular weight excluding hydrogens is 240 g/mol. The van der Waals surface area contributed by atoms with Crippen LogP contribution in [0.4, 0.5) is 17.3 Å². The molecule has 0 aliphatic heterocycles. The Labute approximate surface area is 113 Å². The smallest absolute Gasteiger partial charge is 0.142 e. The largest absolute Gasteiger partial charge is 0.495 e. The van der Waals surface area contributed by atoms with E-state index in [4.69, 9.17) is 4.74 Å². The molecule has 100 valence electrons. The van der Waals surface area contributed by atoms with Gasteiger partial charge in [0.1, 0.15) is 23.7 Å². The lowest BCUT2D eigenvalue weighted by atomic mass is 10.3. The zero-order valence-corrected chi connectivity index (χ0v) is 11.3. The number of benzene rings is 1. The zero-order chi connectivity index (χ0) is 13.7. The fraction of sp³-hybridized carbons (Fsp3) is 0.286. The van der Waals surface area contributed by atoms with E-state index in [1.807, 2.05) is 30.3 Å². The van der Waals surface area contributed by atoms with Crippen molar-refractivity contribution in [3.63, 3.8) is 0 Å². The quantitative estimate of drug-likeness (QED) is 0.863. The van der Waals surface area contributed by atoms with Crippen LogP contribution < -0.4 is 15.4 Å². The van der Waals surface area contributed by atoms with Crippen molar-refractivity contribution in [3.8, 4) is 5.75 Å². The Kier molecular flexibility index (Phi) is 4.18. The molecule has 0 saturated heterocycles. The number of methoxy groups -OCH3 is 1. The van der Waals surface area contributed by atoms with Crippen LogP contribution in [0.15, 0.2) is 36.7 Å². The van der Waals surface area contributed by atoms with Gasteiger partial charge in [-0.25, -0.2) is 9.97 Å². The van der Waals surface area contributed by atoms with Gasteiger partial charge in [0.05, 0.1) is 12.8 Å². The topological polar surface area (TPSA) is 59.1 Å². The molecule has 0 bridgehead atoms. The number of aromatic nitrogens is 2. The second-order valence-electron chi connectivity index (χ2n) is 4.41. The third kappa shape index (κ3) is 3.58. The Balaban J connectivity index is 2.18. The maximum atomic E-state index is 5.29. The molecule has 1 aromatic heterocycles. The summed E-state index contributed by atoms with van der Waals surface area (Å²) in [6, 6.07) is 9.91. The number of hydrogen-bond donors (Lipinski definition) is 2. The van der Waals surface area contributed by atoms with E-state index < -0.39 is 0 Å². The van der Waals surface area contributed by atoms with Gasteiger partial charge in [0.15, 0.2) is 0 Å². The van der Waals surface area contributed by atoms with Gasteiger partial charge in [0, 0.05) is 12.1 Å². The molecule has 0 aliphatic carbocycles. The lowest BCUT2D eigenvalue weighted by Crippen LogP contribution is -2.11. The van der Waals surface area contributed by atoms with E-state index >= 15 is 0 Å². The fourth-order valence-electron chi connectivity index (χ4n) is 1.69. The summed E-state index contributed by atoms with van der Waals surface area (Å²) in [4.78, 5) is 8.37. The molecule has 0 atom stereocenters. The number of para-hydroxylation sites is 2. The van der Waals surface area contributed by atoms with Gasteiger partial charge >= 0.3 is 0 Å². The van der Waals surface area contributed by atoms with Gasteiger partial charge in [-0.15, -0.1) is 0 Å². The second kappa shape index (κ2) is 6.04. The Morgan fingerprint density at radius 1 is 1.11 bits per heavy atom. The van der Waals surface area contributed by atoms with Crippen molar-refractivity contribution in [3.05, 3.63) is 36.7 Å². The first-order valence-corrected chi connectivity index (χ1v) is 6.17. The average Bonchev–Trinajstić information content (AvgIpc) is 2.39. The van der Waals surface area contributed by atoms with Crippen LogP contribution in [0.2, 0.25) is 0 Å². The summed E-state index contributed by atoms with van der Waals surface area (Å²) < 4.78 is 5.29. The molecule has 1 heterocycles. The molecule has 19 heavy (non-hydrogen) atoms. The van der Waals surface area contributed by atoms with E-state index in [0.29, 0.717) is 6.04 Å². The van der Waals surface area contributed by atoms with Crippen LogP contribution >= 0.6 is 0 Å². The van der Waals surface area contributed by atoms with E-state index in [1.54, 1.807) is 7.11 Å². The van der Waals surface area contributed by atoms with E-state index in [1.165, 1.54) is 6.33 Å². The van der Waals surface area contributed by atoms with E-state index in [-0.39, 0.29) is 0 Å². The van der Waals surface area contributed by atoms with Crippen molar-refractivity contribution >= 4 is 17.3 Å². The van der Waals surface area contributed by atoms with Gasteiger partial charge in [-0.1, -0.05) is 12.1 Å². The van der Waals surface area contributed by atoms with E-state index in [0.717, 1.165) is 23.1 Å². The second-order valence-corrected chi connectivity index (χ2v) is 4.41. The van der Waals surface area contributed by atoms with Crippen molar-refractivity contribution in [1.82, 2.24) is 9.97 Å². The minimum atomic E-state index is 0.328. The Morgan fingerprint density at radius 2 is 1.84 bits per heavy atom. The number of hydrogen-bond acceptors (Lipinski definition) is 5. The molecule has 2 aromatic rings.